The zero-order valence-corrected chi connectivity index (χ0v) is 15.6. The van der Waals surface area contributed by atoms with Gasteiger partial charge in [-0.05, 0) is 35.0 Å². The standard InChI is InChI=1S/C19H37NO/c1-17(2,3)15-16(18(4,5)6)20(13-19(15,7)8)12-14-10-9-11-21-14/h14-16H,9-13H2,1-8H3. The van der Waals surface area contributed by atoms with Crippen LogP contribution in [0.15, 0.2) is 0 Å². The van der Waals surface area contributed by atoms with Gasteiger partial charge in [-0.3, -0.25) is 4.90 Å². The van der Waals surface area contributed by atoms with E-state index in [4.69, 9.17) is 4.74 Å². The van der Waals surface area contributed by atoms with Crippen LogP contribution < -0.4 is 0 Å². The van der Waals surface area contributed by atoms with Gasteiger partial charge in [0.15, 0.2) is 0 Å². The summed E-state index contributed by atoms with van der Waals surface area (Å²) in [4.78, 5) is 2.76. The zero-order valence-electron chi connectivity index (χ0n) is 15.6. The minimum atomic E-state index is 0.310. The molecule has 124 valence electrons. The SMILES string of the molecule is CC(C)(C)C1C(C(C)(C)C)C(C)(C)CN1CC1CCCO1. The average Bonchev–Trinajstić information content (AvgIpc) is 2.81. The Morgan fingerprint density at radius 2 is 1.67 bits per heavy atom. The molecule has 2 saturated heterocycles. The summed E-state index contributed by atoms with van der Waals surface area (Å²) in [5.74, 6) is 0.714. The van der Waals surface area contributed by atoms with E-state index in [1.807, 2.05) is 0 Å². The van der Waals surface area contributed by atoms with E-state index in [0.717, 1.165) is 13.2 Å². The first kappa shape index (κ1) is 17.3. The predicted octanol–water partition coefficient (Wildman–Crippen LogP) is 4.58. The molecule has 0 spiro atoms. The van der Waals surface area contributed by atoms with E-state index in [0.29, 0.717) is 34.3 Å². The van der Waals surface area contributed by atoms with Crippen molar-refractivity contribution in [2.75, 3.05) is 19.7 Å². The summed E-state index contributed by atoms with van der Waals surface area (Å²) in [5, 5.41) is 0. The summed E-state index contributed by atoms with van der Waals surface area (Å²) in [6.07, 6.45) is 2.95. The molecule has 0 aromatic heterocycles. The smallest absolute Gasteiger partial charge is 0.0702 e. The lowest BCUT2D eigenvalue weighted by molar-refractivity contribution is 0.0148. The predicted molar refractivity (Wildman–Crippen MR) is 90.5 cm³/mol. The van der Waals surface area contributed by atoms with E-state index in [2.05, 4.69) is 60.3 Å². The van der Waals surface area contributed by atoms with E-state index in [1.165, 1.54) is 19.4 Å². The molecular weight excluding hydrogens is 258 g/mol. The Labute approximate surface area is 132 Å². The average molecular weight is 296 g/mol. The van der Waals surface area contributed by atoms with Gasteiger partial charge in [-0.25, -0.2) is 0 Å². The molecule has 0 saturated carbocycles. The molecule has 0 amide bonds. The van der Waals surface area contributed by atoms with Crippen LogP contribution in [0.4, 0.5) is 0 Å². The molecule has 0 bridgehead atoms. The molecule has 2 nitrogen and oxygen atoms in total. The van der Waals surface area contributed by atoms with Crippen LogP contribution in [0.2, 0.25) is 0 Å². The second-order valence-electron chi connectivity index (χ2n) is 10.2. The summed E-state index contributed by atoms with van der Waals surface area (Å²) < 4.78 is 5.92. The third kappa shape index (κ3) is 3.64. The molecule has 0 aromatic carbocycles. The fourth-order valence-corrected chi connectivity index (χ4v) is 5.28. The first-order chi connectivity index (χ1) is 9.43. The monoisotopic (exact) mass is 295 g/mol. The number of hydrogen-bond donors (Lipinski definition) is 0. The lowest BCUT2D eigenvalue weighted by atomic mass is 9.61. The molecule has 2 aliphatic rings. The van der Waals surface area contributed by atoms with Crippen molar-refractivity contribution in [2.24, 2.45) is 22.2 Å². The third-order valence-electron chi connectivity index (χ3n) is 5.44. The second kappa shape index (κ2) is 5.53. The highest BCUT2D eigenvalue weighted by atomic mass is 16.5. The van der Waals surface area contributed by atoms with Crippen LogP contribution in [-0.2, 0) is 4.74 Å². The fourth-order valence-electron chi connectivity index (χ4n) is 5.28. The first-order valence-corrected chi connectivity index (χ1v) is 8.78. The number of nitrogens with zero attached hydrogens (tertiary/aromatic N) is 1. The molecule has 0 N–H and O–H groups in total. The van der Waals surface area contributed by atoms with E-state index >= 15 is 0 Å². The summed E-state index contributed by atoms with van der Waals surface area (Å²) in [5.41, 5.74) is 1.02. The Morgan fingerprint density at radius 3 is 2.10 bits per heavy atom. The van der Waals surface area contributed by atoms with Gasteiger partial charge in [0.2, 0.25) is 0 Å². The minimum Gasteiger partial charge on any atom is -0.377 e. The molecule has 2 aliphatic heterocycles. The van der Waals surface area contributed by atoms with Gasteiger partial charge in [0.05, 0.1) is 6.10 Å². The Balaban J connectivity index is 2.27. The maximum Gasteiger partial charge on any atom is 0.0702 e. The van der Waals surface area contributed by atoms with Gasteiger partial charge in [0.1, 0.15) is 0 Å². The topological polar surface area (TPSA) is 12.5 Å². The summed E-state index contributed by atoms with van der Waals surface area (Å²) in [6, 6.07) is 0.636. The summed E-state index contributed by atoms with van der Waals surface area (Å²) in [6.45, 7) is 22.8. The van der Waals surface area contributed by atoms with Crippen molar-refractivity contribution in [3.8, 4) is 0 Å². The van der Waals surface area contributed by atoms with Crippen molar-refractivity contribution in [1.82, 2.24) is 4.90 Å². The highest BCUT2D eigenvalue weighted by molar-refractivity contribution is 5.06. The van der Waals surface area contributed by atoms with Crippen molar-refractivity contribution in [2.45, 2.75) is 80.4 Å². The molecule has 2 fully saturated rings. The van der Waals surface area contributed by atoms with Crippen LogP contribution in [0.3, 0.4) is 0 Å². The molecule has 2 heteroatoms. The highest BCUT2D eigenvalue weighted by Gasteiger charge is 2.55. The van der Waals surface area contributed by atoms with Gasteiger partial charge in [-0.15, -0.1) is 0 Å². The lowest BCUT2D eigenvalue weighted by Gasteiger charge is -2.46. The van der Waals surface area contributed by atoms with Crippen LogP contribution >= 0.6 is 0 Å². The fraction of sp³-hybridized carbons (Fsp3) is 1.00. The van der Waals surface area contributed by atoms with Gasteiger partial charge in [0, 0.05) is 25.7 Å². The largest absolute Gasteiger partial charge is 0.377 e. The number of likely N-dealkylation sites (tertiary alicyclic amines) is 1. The maximum atomic E-state index is 5.92. The molecule has 0 aliphatic carbocycles. The molecule has 3 unspecified atom stereocenters. The minimum absolute atomic E-state index is 0.310. The van der Waals surface area contributed by atoms with Crippen LogP contribution in [-0.4, -0.2) is 36.7 Å². The molecule has 0 aromatic rings. The summed E-state index contributed by atoms with van der Waals surface area (Å²) in [7, 11) is 0. The van der Waals surface area contributed by atoms with Crippen LogP contribution in [0, 0.1) is 22.2 Å². The molecule has 2 heterocycles. The number of ether oxygens (including phenoxy) is 1. The maximum absolute atomic E-state index is 5.92. The van der Waals surface area contributed by atoms with Crippen molar-refractivity contribution in [3.63, 3.8) is 0 Å². The molecule has 3 atom stereocenters. The van der Waals surface area contributed by atoms with Gasteiger partial charge < -0.3 is 4.74 Å². The van der Waals surface area contributed by atoms with E-state index in [-0.39, 0.29) is 0 Å². The van der Waals surface area contributed by atoms with Crippen LogP contribution in [0.1, 0.15) is 68.2 Å². The lowest BCUT2D eigenvalue weighted by Crippen LogP contribution is -2.49. The first-order valence-electron chi connectivity index (χ1n) is 8.78. The Bertz CT molecular complexity index is 355. The van der Waals surface area contributed by atoms with Crippen LogP contribution in [0.5, 0.6) is 0 Å². The van der Waals surface area contributed by atoms with Gasteiger partial charge >= 0.3 is 0 Å². The van der Waals surface area contributed by atoms with Gasteiger partial charge in [-0.2, -0.15) is 0 Å². The quantitative estimate of drug-likeness (QED) is 0.739. The van der Waals surface area contributed by atoms with Gasteiger partial charge in [0.25, 0.3) is 0 Å². The van der Waals surface area contributed by atoms with Crippen molar-refractivity contribution in [1.29, 1.82) is 0 Å². The molecular formula is C19H37NO. The number of hydrogen-bond acceptors (Lipinski definition) is 2. The molecule has 21 heavy (non-hydrogen) atoms. The number of rotatable bonds is 2. The van der Waals surface area contributed by atoms with Crippen molar-refractivity contribution < 1.29 is 4.74 Å². The summed E-state index contributed by atoms with van der Waals surface area (Å²) >= 11 is 0. The Hall–Kier alpha value is -0.0800. The van der Waals surface area contributed by atoms with Crippen molar-refractivity contribution in [3.05, 3.63) is 0 Å². The third-order valence-corrected chi connectivity index (χ3v) is 5.44. The van der Waals surface area contributed by atoms with E-state index in [1.54, 1.807) is 0 Å². The van der Waals surface area contributed by atoms with Crippen LogP contribution in [0.25, 0.3) is 0 Å². The van der Waals surface area contributed by atoms with Gasteiger partial charge in [-0.1, -0.05) is 55.4 Å². The molecule has 0 radical (unpaired) electrons. The van der Waals surface area contributed by atoms with E-state index < -0.39 is 0 Å². The normalized spacial score (nSPS) is 34.6. The Morgan fingerprint density at radius 1 is 1.05 bits per heavy atom. The molecule has 2 rings (SSSR count). The zero-order chi connectivity index (χ0) is 16.1. The highest BCUT2D eigenvalue weighted by Crippen LogP contribution is 2.53. The Kier molecular flexibility index (Phi) is 4.55. The van der Waals surface area contributed by atoms with E-state index in [9.17, 15) is 0 Å². The second-order valence-corrected chi connectivity index (χ2v) is 10.2. The van der Waals surface area contributed by atoms with Crippen molar-refractivity contribution >= 4 is 0 Å².